The number of quaternary nitrogens is 2. The van der Waals surface area contributed by atoms with Crippen LogP contribution >= 0.6 is 11.3 Å². The fraction of sp³-hybridized carbons (Fsp3) is 0.643. The number of piperazine rings is 1. The number of carbonyl (C=O) groups excluding carboxylic acids is 1. The van der Waals surface area contributed by atoms with Gasteiger partial charge in [0.05, 0.1) is 4.88 Å². The normalized spacial score (nSPS) is 24.9. The van der Waals surface area contributed by atoms with Gasteiger partial charge in [0.25, 0.3) is 5.91 Å². The molecular formula is C14H25N3OS+2. The molecule has 2 heterocycles. The summed E-state index contributed by atoms with van der Waals surface area (Å²) in [5, 5.41) is 5.07. The maximum Gasteiger partial charge on any atom is 0.278 e. The summed E-state index contributed by atoms with van der Waals surface area (Å²) >= 11 is 1.84. The standard InChI is InChI=1S/C14H23N3OS/c1-3-15-14(18)12(2)17-8-6-16(7-9-17)11-13-5-4-10-19-13/h4-5,10,12H,3,6-9,11H2,1-2H3,(H,15,18)/p+2/t12-/m1/s1. The van der Waals surface area contributed by atoms with Crippen molar-refractivity contribution in [3.63, 3.8) is 0 Å². The summed E-state index contributed by atoms with van der Waals surface area (Å²) in [4.78, 5) is 16.4. The van der Waals surface area contributed by atoms with Gasteiger partial charge in [-0.2, -0.15) is 0 Å². The van der Waals surface area contributed by atoms with Crippen LogP contribution in [0.2, 0.25) is 0 Å². The third kappa shape index (κ3) is 4.03. The van der Waals surface area contributed by atoms with Gasteiger partial charge in [0.2, 0.25) is 0 Å². The van der Waals surface area contributed by atoms with E-state index in [1.165, 1.54) is 9.78 Å². The van der Waals surface area contributed by atoms with Gasteiger partial charge in [0.1, 0.15) is 32.7 Å². The minimum Gasteiger partial charge on any atom is -0.351 e. The van der Waals surface area contributed by atoms with E-state index in [1.54, 1.807) is 4.90 Å². The van der Waals surface area contributed by atoms with Gasteiger partial charge in [0.15, 0.2) is 6.04 Å². The summed E-state index contributed by atoms with van der Waals surface area (Å²) in [6, 6.07) is 4.43. The molecule has 0 radical (unpaired) electrons. The molecule has 1 amide bonds. The first-order valence-corrected chi connectivity index (χ1v) is 8.07. The second-order valence-electron chi connectivity index (χ2n) is 5.28. The molecule has 0 spiro atoms. The zero-order valence-corrected chi connectivity index (χ0v) is 12.7. The van der Waals surface area contributed by atoms with E-state index in [9.17, 15) is 4.79 Å². The molecule has 106 valence electrons. The van der Waals surface area contributed by atoms with E-state index in [0.717, 1.165) is 39.3 Å². The van der Waals surface area contributed by atoms with Crippen LogP contribution < -0.4 is 15.1 Å². The highest BCUT2D eigenvalue weighted by Crippen LogP contribution is 2.05. The number of hydrogen-bond donors (Lipinski definition) is 3. The summed E-state index contributed by atoms with van der Waals surface area (Å²) in [5.41, 5.74) is 0. The first-order chi connectivity index (χ1) is 9.20. The molecule has 4 nitrogen and oxygen atoms in total. The molecular weight excluding hydrogens is 258 g/mol. The summed E-state index contributed by atoms with van der Waals surface area (Å²) in [7, 11) is 0. The minimum atomic E-state index is 0.0863. The maximum absolute atomic E-state index is 11.8. The Hall–Kier alpha value is -0.910. The molecule has 0 aromatic carbocycles. The summed E-state index contributed by atoms with van der Waals surface area (Å²) in [5.74, 6) is 0.194. The lowest BCUT2D eigenvalue weighted by Crippen LogP contribution is -3.29. The van der Waals surface area contributed by atoms with Crippen LogP contribution in [0.15, 0.2) is 17.5 Å². The van der Waals surface area contributed by atoms with Crippen LogP contribution in [0, 0.1) is 0 Å². The van der Waals surface area contributed by atoms with Gasteiger partial charge in [-0.15, -0.1) is 11.3 Å². The molecule has 1 saturated heterocycles. The highest BCUT2D eigenvalue weighted by atomic mass is 32.1. The van der Waals surface area contributed by atoms with Crippen LogP contribution in [-0.2, 0) is 11.3 Å². The van der Waals surface area contributed by atoms with Crippen LogP contribution in [0.1, 0.15) is 18.7 Å². The predicted molar refractivity (Wildman–Crippen MR) is 77.6 cm³/mol. The number of rotatable bonds is 5. The smallest absolute Gasteiger partial charge is 0.278 e. The van der Waals surface area contributed by atoms with Gasteiger partial charge in [0, 0.05) is 6.54 Å². The van der Waals surface area contributed by atoms with Crippen LogP contribution in [0.4, 0.5) is 0 Å². The van der Waals surface area contributed by atoms with E-state index < -0.39 is 0 Å². The quantitative estimate of drug-likeness (QED) is 0.608. The number of nitrogens with one attached hydrogen (secondary N) is 3. The number of thiophene rings is 1. The van der Waals surface area contributed by atoms with Gasteiger partial charge in [-0.05, 0) is 25.3 Å². The van der Waals surface area contributed by atoms with Crippen molar-refractivity contribution in [1.82, 2.24) is 5.32 Å². The molecule has 1 aromatic rings. The first kappa shape index (κ1) is 14.5. The Kier molecular flexibility index (Phi) is 5.36. The van der Waals surface area contributed by atoms with E-state index in [2.05, 4.69) is 22.8 Å². The molecule has 1 fully saturated rings. The lowest BCUT2D eigenvalue weighted by Gasteiger charge is -2.32. The minimum absolute atomic E-state index is 0.0863. The van der Waals surface area contributed by atoms with Crippen LogP contribution in [-0.4, -0.2) is 44.7 Å². The van der Waals surface area contributed by atoms with Crippen molar-refractivity contribution in [3.05, 3.63) is 22.4 Å². The second-order valence-corrected chi connectivity index (χ2v) is 6.31. The third-order valence-corrected chi connectivity index (χ3v) is 4.84. The van der Waals surface area contributed by atoms with E-state index in [1.807, 2.05) is 25.2 Å². The summed E-state index contributed by atoms with van der Waals surface area (Å²) < 4.78 is 0. The number of carbonyl (C=O) groups is 1. The number of amides is 1. The van der Waals surface area contributed by atoms with Crippen LogP contribution in [0.3, 0.4) is 0 Å². The highest BCUT2D eigenvalue weighted by Gasteiger charge is 2.30. The Morgan fingerprint density at radius 2 is 2.16 bits per heavy atom. The first-order valence-electron chi connectivity index (χ1n) is 7.19. The largest absolute Gasteiger partial charge is 0.351 e. The second kappa shape index (κ2) is 7.03. The Morgan fingerprint density at radius 1 is 1.42 bits per heavy atom. The molecule has 1 aromatic heterocycles. The van der Waals surface area contributed by atoms with Crippen molar-refractivity contribution in [3.8, 4) is 0 Å². The van der Waals surface area contributed by atoms with E-state index >= 15 is 0 Å². The Morgan fingerprint density at radius 3 is 2.74 bits per heavy atom. The fourth-order valence-electron chi connectivity index (χ4n) is 2.71. The average molecular weight is 283 g/mol. The molecule has 0 unspecified atom stereocenters. The number of hydrogen-bond acceptors (Lipinski definition) is 2. The molecule has 5 heteroatoms. The van der Waals surface area contributed by atoms with Gasteiger partial charge in [-0.25, -0.2) is 0 Å². The van der Waals surface area contributed by atoms with Crippen molar-refractivity contribution >= 4 is 17.2 Å². The lowest BCUT2D eigenvalue weighted by atomic mass is 10.2. The lowest BCUT2D eigenvalue weighted by molar-refractivity contribution is -1.02. The molecule has 1 aliphatic heterocycles. The molecule has 0 saturated carbocycles. The third-order valence-electron chi connectivity index (χ3n) is 3.96. The van der Waals surface area contributed by atoms with Crippen LogP contribution in [0.5, 0.6) is 0 Å². The number of likely N-dealkylation sites (N-methyl/N-ethyl adjacent to an activating group) is 1. The fourth-order valence-corrected chi connectivity index (χ4v) is 3.48. The molecule has 1 atom stereocenters. The molecule has 3 N–H and O–H groups in total. The molecule has 0 aliphatic carbocycles. The zero-order valence-electron chi connectivity index (χ0n) is 11.9. The van der Waals surface area contributed by atoms with Crippen LogP contribution in [0.25, 0.3) is 0 Å². The van der Waals surface area contributed by atoms with Gasteiger partial charge in [-0.1, -0.05) is 6.07 Å². The van der Waals surface area contributed by atoms with E-state index in [-0.39, 0.29) is 11.9 Å². The predicted octanol–water partition coefficient (Wildman–Crippen LogP) is -1.44. The van der Waals surface area contributed by atoms with Crippen molar-refractivity contribution in [2.45, 2.75) is 26.4 Å². The Labute approximate surface area is 119 Å². The summed E-state index contributed by atoms with van der Waals surface area (Å²) in [6.45, 7) is 10.4. The highest BCUT2D eigenvalue weighted by molar-refractivity contribution is 7.09. The molecule has 2 rings (SSSR count). The van der Waals surface area contributed by atoms with Crippen molar-refractivity contribution in [1.29, 1.82) is 0 Å². The maximum atomic E-state index is 11.8. The SMILES string of the molecule is CCNC(=O)[C@@H](C)[NH+]1CC[NH+](Cc2cccs2)CC1. The van der Waals surface area contributed by atoms with Gasteiger partial charge >= 0.3 is 0 Å². The molecule has 0 bridgehead atoms. The van der Waals surface area contributed by atoms with Crippen molar-refractivity contribution in [2.75, 3.05) is 32.7 Å². The monoisotopic (exact) mass is 283 g/mol. The zero-order chi connectivity index (χ0) is 13.7. The van der Waals surface area contributed by atoms with Crippen molar-refractivity contribution < 1.29 is 14.6 Å². The van der Waals surface area contributed by atoms with E-state index in [4.69, 9.17) is 0 Å². The van der Waals surface area contributed by atoms with Gasteiger partial charge < -0.3 is 15.1 Å². The Balaban J connectivity index is 1.77. The average Bonchev–Trinajstić information content (AvgIpc) is 2.92. The van der Waals surface area contributed by atoms with E-state index in [0.29, 0.717) is 0 Å². The van der Waals surface area contributed by atoms with Crippen molar-refractivity contribution in [2.24, 2.45) is 0 Å². The Bertz CT molecular complexity index is 385. The molecule has 1 aliphatic rings. The molecule has 19 heavy (non-hydrogen) atoms. The summed E-state index contributed by atoms with van der Waals surface area (Å²) in [6.07, 6.45) is 0. The topological polar surface area (TPSA) is 38.0 Å². The van der Waals surface area contributed by atoms with Gasteiger partial charge in [-0.3, -0.25) is 4.79 Å².